The van der Waals surface area contributed by atoms with E-state index in [-0.39, 0.29) is 48.4 Å². The molecule has 43 heavy (non-hydrogen) atoms. The maximum atomic E-state index is 13.2. The molecular formula is C31H38N4O7S. The molecule has 2 fully saturated rings. The molecule has 2 saturated heterocycles. The first kappa shape index (κ1) is 30.7. The van der Waals surface area contributed by atoms with Gasteiger partial charge < -0.3 is 20.2 Å². The molecule has 2 aromatic rings. The van der Waals surface area contributed by atoms with E-state index in [0.29, 0.717) is 32.6 Å². The molecule has 2 atom stereocenters. The number of rotatable bonds is 10. The van der Waals surface area contributed by atoms with Crippen molar-refractivity contribution in [2.24, 2.45) is 5.92 Å². The van der Waals surface area contributed by atoms with Crippen LogP contribution >= 0.6 is 0 Å². The van der Waals surface area contributed by atoms with E-state index in [1.165, 1.54) is 12.1 Å². The van der Waals surface area contributed by atoms with Crippen LogP contribution < -0.4 is 5.32 Å². The third kappa shape index (κ3) is 6.75. The van der Waals surface area contributed by atoms with Crippen LogP contribution in [0.3, 0.4) is 0 Å². The van der Waals surface area contributed by atoms with Crippen molar-refractivity contribution in [2.75, 3.05) is 26.2 Å². The molecule has 2 aromatic carbocycles. The van der Waals surface area contributed by atoms with E-state index in [2.05, 4.69) is 5.32 Å². The highest BCUT2D eigenvalue weighted by Gasteiger charge is 2.40. The zero-order chi connectivity index (χ0) is 30.7. The van der Waals surface area contributed by atoms with Gasteiger partial charge in [-0.15, -0.1) is 0 Å². The van der Waals surface area contributed by atoms with Crippen LogP contribution in [-0.2, 0) is 31.0 Å². The molecule has 2 N–H and O–H groups in total. The fourth-order valence-corrected chi connectivity index (χ4v) is 7.88. The monoisotopic (exact) mass is 610 g/mol. The van der Waals surface area contributed by atoms with Crippen molar-refractivity contribution >= 4 is 33.7 Å². The fourth-order valence-electron chi connectivity index (χ4n) is 6.23. The topological polar surface area (TPSA) is 144 Å². The number of piperidine rings is 1. The molecule has 0 unspecified atom stereocenters. The number of aryl methyl sites for hydroxylation is 1. The van der Waals surface area contributed by atoms with Gasteiger partial charge in [-0.2, -0.15) is 4.31 Å². The summed E-state index contributed by atoms with van der Waals surface area (Å²) < 4.78 is 27.6. The molecule has 0 saturated carbocycles. The number of sulfonamides is 1. The summed E-state index contributed by atoms with van der Waals surface area (Å²) in [4.78, 5) is 54.4. The second-order valence-electron chi connectivity index (χ2n) is 11.7. The van der Waals surface area contributed by atoms with Crippen molar-refractivity contribution in [1.82, 2.24) is 19.4 Å². The summed E-state index contributed by atoms with van der Waals surface area (Å²) in [5, 5.41) is 12.3. The van der Waals surface area contributed by atoms with Gasteiger partial charge in [0.15, 0.2) is 0 Å². The largest absolute Gasteiger partial charge is 0.480 e. The Morgan fingerprint density at radius 3 is 2.37 bits per heavy atom. The minimum atomic E-state index is -3.93. The molecule has 3 aliphatic heterocycles. The molecule has 0 spiro atoms. The number of carboxylic acid groups (broad SMARTS) is 1. The highest BCUT2D eigenvalue weighted by molar-refractivity contribution is 7.89. The third-order valence-electron chi connectivity index (χ3n) is 8.74. The molecule has 0 aromatic heterocycles. The van der Waals surface area contributed by atoms with Gasteiger partial charge in [-0.3, -0.25) is 14.4 Å². The zero-order valence-electron chi connectivity index (χ0n) is 24.3. The Bertz CT molecular complexity index is 1490. The molecule has 0 bridgehead atoms. The molecule has 230 valence electrons. The first-order chi connectivity index (χ1) is 20.5. The maximum absolute atomic E-state index is 13.2. The Hall–Kier alpha value is -3.77. The number of likely N-dealkylation sites (tertiary alicyclic amines) is 1. The average Bonchev–Trinajstić information content (AvgIpc) is 3.61. The van der Waals surface area contributed by atoms with Crippen LogP contribution in [0, 0.1) is 12.8 Å². The Kier molecular flexibility index (Phi) is 9.16. The highest BCUT2D eigenvalue weighted by Crippen LogP contribution is 2.28. The van der Waals surface area contributed by atoms with Crippen molar-refractivity contribution in [3.8, 4) is 0 Å². The number of hydrogen-bond acceptors (Lipinski definition) is 6. The van der Waals surface area contributed by atoms with Crippen LogP contribution in [0.2, 0.25) is 0 Å². The third-order valence-corrected chi connectivity index (χ3v) is 10.7. The van der Waals surface area contributed by atoms with Crippen molar-refractivity contribution in [3.05, 3.63) is 65.2 Å². The predicted octanol–water partition coefficient (Wildman–Crippen LogP) is 2.39. The van der Waals surface area contributed by atoms with E-state index in [4.69, 9.17) is 0 Å². The lowest BCUT2D eigenvalue weighted by Gasteiger charge is -2.34. The fraction of sp³-hybridized carbons (Fsp3) is 0.484. The number of carboxylic acids is 1. The maximum Gasteiger partial charge on any atom is 0.326 e. The molecular weight excluding hydrogens is 572 g/mol. The molecule has 11 nitrogen and oxygen atoms in total. The van der Waals surface area contributed by atoms with Gasteiger partial charge in [0.25, 0.3) is 5.91 Å². The summed E-state index contributed by atoms with van der Waals surface area (Å²) in [7, 11) is -3.93. The minimum Gasteiger partial charge on any atom is -0.480 e. The lowest BCUT2D eigenvalue weighted by molar-refractivity contribution is -0.143. The Balaban J connectivity index is 1.10. The van der Waals surface area contributed by atoms with Gasteiger partial charge in [0, 0.05) is 44.7 Å². The number of carbonyl (C=O) groups is 4. The van der Waals surface area contributed by atoms with Crippen LogP contribution in [0.1, 0.15) is 60.0 Å². The molecule has 3 amide bonds. The van der Waals surface area contributed by atoms with Crippen LogP contribution in [0.15, 0.2) is 53.4 Å². The molecule has 3 aliphatic rings. The molecule has 0 aliphatic carbocycles. The van der Waals surface area contributed by atoms with Gasteiger partial charge in [-0.05, 0) is 68.7 Å². The number of nitrogens with one attached hydrogen (secondary N) is 1. The van der Waals surface area contributed by atoms with E-state index >= 15 is 0 Å². The zero-order valence-corrected chi connectivity index (χ0v) is 25.1. The van der Waals surface area contributed by atoms with Crippen molar-refractivity contribution in [1.29, 1.82) is 0 Å². The number of amides is 3. The minimum absolute atomic E-state index is 0.0457. The van der Waals surface area contributed by atoms with E-state index in [0.717, 1.165) is 33.8 Å². The smallest absolute Gasteiger partial charge is 0.326 e. The SMILES string of the molecule is Cc1ccc(S(=O)(=O)N2CCC[C@H]2C(=O)N[C@@H](CCC(=O)N2CCC(CN3Cc4ccccc4C3=O)CC2)C(=O)O)cc1. The number of nitrogens with zero attached hydrogens (tertiary/aromatic N) is 3. The van der Waals surface area contributed by atoms with E-state index < -0.39 is 34.0 Å². The molecule has 12 heteroatoms. The normalized spacial score (nSPS) is 20.2. The van der Waals surface area contributed by atoms with Crippen LogP contribution in [0.5, 0.6) is 0 Å². The molecule has 0 radical (unpaired) electrons. The second-order valence-corrected chi connectivity index (χ2v) is 13.6. The van der Waals surface area contributed by atoms with Gasteiger partial charge in [-0.25, -0.2) is 13.2 Å². The number of aliphatic carboxylic acids is 1. The van der Waals surface area contributed by atoms with Crippen LogP contribution in [0.4, 0.5) is 0 Å². The summed E-state index contributed by atoms with van der Waals surface area (Å²) in [6.45, 7) is 4.30. The van der Waals surface area contributed by atoms with Gasteiger partial charge >= 0.3 is 5.97 Å². The second kappa shape index (κ2) is 12.8. The van der Waals surface area contributed by atoms with Crippen molar-refractivity contribution in [2.45, 2.75) is 69.0 Å². The Labute approximate surface area is 251 Å². The predicted molar refractivity (Wildman–Crippen MR) is 157 cm³/mol. The molecule has 3 heterocycles. The van der Waals surface area contributed by atoms with Crippen LogP contribution in [0.25, 0.3) is 0 Å². The first-order valence-corrected chi connectivity index (χ1v) is 16.2. The standard InChI is InChI=1S/C31H38N4O7S/c1-21-8-10-24(11-9-21)43(41,42)35-16-4-7-27(35)29(37)32-26(31(39)40)12-13-28(36)33-17-14-22(15-18-33)19-34-20-23-5-2-3-6-25(23)30(34)38/h2-3,5-6,8-11,22,26-27H,4,7,12-20H2,1H3,(H,32,37)(H,39,40)/t26-,27-/m0/s1. The van der Waals surface area contributed by atoms with Crippen molar-refractivity contribution < 1.29 is 32.7 Å². The quantitative estimate of drug-likeness (QED) is 0.420. The summed E-state index contributed by atoms with van der Waals surface area (Å²) in [6.07, 6.45) is 2.10. The number of benzene rings is 2. The Morgan fingerprint density at radius 2 is 1.70 bits per heavy atom. The summed E-state index contributed by atoms with van der Waals surface area (Å²) in [5.41, 5.74) is 2.69. The molecule has 5 rings (SSSR count). The van der Waals surface area contributed by atoms with E-state index in [1.54, 1.807) is 17.0 Å². The number of hydrogen-bond donors (Lipinski definition) is 2. The van der Waals surface area contributed by atoms with Gasteiger partial charge in [0.1, 0.15) is 12.1 Å². The number of fused-ring (bicyclic) bond motifs is 1. The summed E-state index contributed by atoms with van der Waals surface area (Å²) in [5.74, 6) is -1.81. The van der Waals surface area contributed by atoms with Gasteiger partial charge in [0.05, 0.1) is 4.90 Å². The lowest BCUT2D eigenvalue weighted by Crippen LogP contribution is -2.51. The van der Waals surface area contributed by atoms with Gasteiger partial charge in [0.2, 0.25) is 21.8 Å². The first-order valence-electron chi connectivity index (χ1n) is 14.8. The van der Waals surface area contributed by atoms with Crippen molar-refractivity contribution in [3.63, 3.8) is 0 Å². The Morgan fingerprint density at radius 1 is 1.00 bits per heavy atom. The lowest BCUT2D eigenvalue weighted by atomic mass is 9.95. The highest BCUT2D eigenvalue weighted by atomic mass is 32.2. The summed E-state index contributed by atoms with van der Waals surface area (Å²) >= 11 is 0. The van der Waals surface area contributed by atoms with Gasteiger partial charge in [-0.1, -0.05) is 35.9 Å². The van der Waals surface area contributed by atoms with E-state index in [9.17, 15) is 32.7 Å². The average molecular weight is 611 g/mol. The summed E-state index contributed by atoms with van der Waals surface area (Å²) in [6, 6.07) is 11.7. The van der Waals surface area contributed by atoms with Crippen LogP contribution in [-0.4, -0.2) is 89.6 Å². The number of carbonyl (C=O) groups excluding carboxylic acids is 3. The van der Waals surface area contributed by atoms with E-state index in [1.807, 2.05) is 36.1 Å².